The molecule has 0 aliphatic heterocycles. The van der Waals surface area contributed by atoms with Crippen molar-refractivity contribution in [1.29, 1.82) is 0 Å². The van der Waals surface area contributed by atoms with Gasteiger partial charge in [0.05, 0.1) is 6.04 Å². The van der Waals surface area contributed by atoms with Gasteiger partial charge in [0.15, 0.2) is 5.96 Å². The van der Waals surface area contributed by atoms with Gasteiger partial charge >= 0.3 is 0 Å². The van der Waals surface area contributed by atoms with Crippen molar-refractivity contribution >= 4 is 5.96 Å². The van der Waals surface area contributed by atoms with Gasteiger partial charge in [-0.2, -0.15) is 0 Å². The molecule has 10 heavy (non-hydrogen) atoms. The van der Waals surface area contributed by atoms with E-state index in [1.165, 1.54) is 0 Å². The second kappa shape index (κ2) is 3.25. The molecule has 0 saturated carbocycles. The van der Waals surface area contributed by atoms with E-state index in [0.717, 1.165) is 19.3 Å². The molecule has 0 aromatic heterocycles. The van der Waals surface area contributed by atoms with E-state index in [1.54, 1.807) is 0 Å². The van der Waals surface area contributed by atoms with Crippen LogP contribution in [0.3, 0.4) is 0 Å². The standard InChI is InChI=1S/C7H13N3/c8-7(9)10-6-4-2-1-3-5-6/h1-2,6H,3-5H2,(H4,8,9,10). The third-order valence-corrected chi connectivity index (χ3v) is 1.57. The predicted octanol–water partition coefficient (Wildman–Crippen LogP) is 0.368. The average Bonchev–Trinajstić information content (AvgIpc) is 1.88. The van der Waals surface area contributed by atoms with E-state index < -0.39 is 0 Å². The monoisotopic (exact) mass is 139 g/mol. The fourth-order valence-electron chi connectivity index (χ4n) is 1.11. The molecule has 0 saturated heterocycles. The number of nitrogens with two attached hydrogens (primary N) is 2. The molecule has 3 nitrogen and oxygen atoms in total. The first-order chi connectivity index (χ1) is 4.79. The Balaban J connectivity index is 2.42. The van der Waals surface area contributed by atoms with Crippen LogP contribution in [-0.2, 0) is 0 Å². The van der Waals surface area contributed by atoms with Crippen LogP contribution in [-0.4, -0.2) is 12.0 Å². The fraction of sp³-hybridized carbons (Fsp3) is 0.571. The summed E-state index contributed by atoms with van der Waals surface area (Å²) in [6, 6.07) is 0.329. The Bertz CT molecular complexity index is 156. The molecule has 0 heterocycles. The second-order valence-corrected chi connectivity index (χ2v) is 2.49. The lowest BCUT2D eigenvalue weighted by molar-refractivity contribution is 0.608. The summed E-state index contributed by atoms with van der Waals surface area (Å²) in [6.07, 6.45) is 7.45. The summed E-state index contributed by atoms with van der Waals surface area (Å²) in [4.78, 5) is 4.06. The molecular weight excluding hydrogens is 126 g/mol. The van der Waals surface area contributed by atoms with Crippen LogP contribution in [0.2, 0.25) is 0 Å². The molecule has 0 amide bonds. The lowest BCUT2D eigenvalue weighted by Crippen LogP contribution is -2.25. The Kier molecular flexibility index (Phi) is 2.31. The number of aliphatic imine (C=N–C) groups is 1. The van der Waals surface area contributed by atoms with Gasteiger partial charge in [-0.05, 0) is 19.3 Å². The number of rotatable bonds is 1. The minimum absolute atomic E-state index is 0.209. The number of allylic oxidation sites excluding steroid dienone is 1. The molecule has 1 aliphatic rings. The van der Waals surface area contributed by atoms with Gasteiger partial charge in [-0.3, -0.25) is 0 Å². The molecule has 4 N–H and O–H groups in total. The molecule has 0 aromatic carbocycles. The third-order valence-electron chi connectivity index (χ3n) is 1.57. The smallest absolute Gasteiger partial charge is 0.186 e. The highest BCUT2D eigenvalue weighted by Gasteiger charge is 2.06. The third kappa shape index (κ3) is 2.09. The van der Waals surface area contributed by atoms with Crippen molar-refractivity contribution in [1.82, 2.24) is 0 Å². The largest absolute Gasteiger partial charge is 0.370 e. The van der Waals surface area contributed by atoms with Gasteiger partial charge < -0.3 is 11.5 Å². The Hall–Kier alpha value is -0.990. The first-order valence-electron chi connectivity index (χ1n) is 3.53. The highest BCUT2D eigenvalue weighted by molar-refractivity contribution is 5.75. The van der Waals surface area contributed by atoms with E-state index in [4.69, 9.17) is 11.5 Å². The van der Waals surface area contributed by atoms with E-state index in [2.05, 4.69) is 17.1 Å². The summed E-state index contributed by atoms with van der Waals surface area (Å²) >= 11 is 0. The molecule has 1 aliphatic carbocycles. The lowest BCUT2D eigenvalue weighted by Gasteiger charge is -2.12. The quantitative estimate of drug-likeness (QED) is 0.313. The fourth-order valence-corrected chi connectivity index (χ4v) is 1.11. The van der Waals surface area contributed by atoms with Crippen molar-refractivity contribution in [3.8, 4) is 0 Å². The minimum atomic E-state index is 0.209. The molecule has 56 valence electrons. The zero-order valence-electron chi connectivity index (χ0n) is 5.96. The average molecular weight is 139 g/mol. The molecule has 1 unspecified atom stereocenters. The molecule has 3 heteroatoms. The Morgan fingerprint density at radius 1 is 1.40 bits per heavy atom. The van der Waals surface area contributed by atoms with E-state index >= 15 is 0 Å². The Morgan fingerprint density at radius 3 is 2.70 bits per heavy atom. The number of nitrogens with zero attached hydrogens (tertiary/aromatic N) is 1. The van der Waals surface area contributed by atoms with Gasteiger partial charge in [-0.1, -0.05) is 12.2 Å². The van der Waals surface area contributed by atoms with Crippen molar-refractivity contribution in [3.05, 3.63) is 12.2 Å². The summed E-state index contributed by atoms with van der Waals surface area (Å²) in [5, 5.41) is 0. The van der Waals surface area contributed by atoms with Crippen LogP contribution in [0.25, 0.3) is 0 Å². The highest BCUT2D eigenvalue weighted by Crippen LogP contribution is 2.13. The molecule has 1 rings (SSSR count). The van der Waals surface area contributed by atoms with Crippen molar-refractivity contribution in [2.45, 2.75) is 25.3 Å². The van der Waals surface area contributed by atoms with E-state index in [1.807, 2.05) is 0 Å². The molecule has 1 atom stereocenters. The first-order valence-corrected chi connectivity index (χ1v) is 3.53. The summed E-state index contributed by atoms with van der Waals surface area (Å²) in [5.74, 6) is 0.209. The summed E-state index contributed by atoms with van der Waals surface area (Å²) in [6.45, 7) is 0. The van der Waals surface area contributed by atoms with Crippen LogP contribution in [0.1, 0.15) is 19.3 Å². The van der Waals surface area contributed by atoms with Gasteiger partial charge in [-0.25, -0.2) is 4.99 Å². The number of hydrogen-bond donors (Lipinski definition) is 2. The van der Waals surface area contributed by atoms with Gasteiger partial charge in [0.1, 0.15) is 0 Å². The summed E-state index contributed by atoms with van der Waals surface area (Å²) in [5.41, 5.74) is 10.5. The van der Waals surface area contributed by atoms with Crippen LogP contribution in [0.5, 0.6) is 0 Å². The first kappa shape index (κ1) is 7.12. The van der Waals surface area contributed by atoms with Gasteiger partial charge in [0, 0.05) is 0 Å². The summed E-state index contributed by atoms with van der Waals surface area (Å²) in [7, 11) is 0. The maximum atomic E-state index is 5.23. The van der Waals surface area contributed by atoms with E-state index in [-0.39, 0.29) is 5.96 Å². The SMILES string of the molecule is NC(N)=NC1CC=CCC1. The molecule has 0 bridgehead atoms. The van der Waals surface area contributed by atoms with Crippen LogP contribution in [0.4, 0.5) is 0 Å². The Labute approximate surface area is 60.8 Å². The minimum Gasteiger partial charge on any atom is -0.370 e. The molecular formula is C7H13N3. The van der Waals surface area contributed by atoms with Crippen molar-refractivity contribution in [3.63, 3.8) is 0 Å². The van der Waals surface area contributed by atoms with Crippen LogP contribution < -0.4 is 11.5 Å². The maximum Gasteiger partial charge on any atom is 0.186 e. The molecule has 0 fully saturated rings. The van der Waals surface area contributed by atoms with Gasteiger partial charge in [0.2, 0.25) is 0 Å². The maximum absolute atomic E-state index is 5.23. The normalized spacial score (nSPS) is 24.2. The van der Waals surface area contributed by atoms with Crippen LogP contribution in [0.15, 0.2) is 17.1 Å². The highest BCUT2D eigenvalue weighted by atomic mass is 15.0. The van der Waals surface area contributed by atoms with Crippen molar-refractivity contribution in [2.75, 3.05) is 0 Å². The zero-order chi connectivity index (χ0) is 7.40. The van der Waals surface area contributed by atoms with Crippen LogP contribution >= 0.6 is 0 Å². The molecule has 0 spiro atoms. The van der Waals surface area contributed by atoms with Crippen molar-refractivity contribution < 1.29 is 0 Å². The van der Waals surface area contributed by atoms with Gasteiger partial charge in [0.25, 0.3) is 0 Å². The predicted molar refractivity (Wildman–Crippen MR) is 42.6 cm³/mol. The Morgan fingerprint density at radius 2 is 2.20 bits per heavy atom. The van der Waals surface area contributed by atoms with Crippen molar-refractivity contribution in [2.24, 2.45) is 16.5 Å². The molecule has 0 radical (unpaired) electrons. The number of guanidine groups is 1. The second-order valence-electron chi connectivity index (χ2n) is 2.49. The lowest BCUT2D eigenvalue weighted by atomic mass is 10.0. The van der Waals surface area contributed by atoms with Gasteiger partial charge in [-0.15, -0.1) is 0 Å². The summed E-state index contributed by atoms with van der Waals surface area (Å²) < 4.78 is 0. The zero-order valence-corrected chi connectivity index (χ0v) is 5.96. The van der Waals surface area contributed by atoms with Crippen LogP contribution in [0, 0.1) is 0 Å². The number of hydrogen-bond acceptors (Lipinski definition) is 1. The van der Waals surface area contributed by atoms with E-state index in [9.17, 15) is 0 Å². The molecule has 0 aromatic rings. The topological polar surface area (TPSA) is 64.4 Å². The van der Waals surface area contributed by atoms with E-state index in [0.29, 0.717) is 6.04 Å².